The van der Waals surface area contributed by atoms with Crippen molar-refractivity contribution < 1.29 is 17.9 Å². The summed E-state index contributed by atoms with van der Waals surface area (Å²) in [5.41, 5.74) is 0. The molecule has 2 amide bonds. The summed E-state index contributed by atoms with van der Waals surface area (Å²) >= 11 is 5.38. The molecule has 0 unspecified atom stereocenters. The molecule has 0 saturated heterocycles. The number of nitrogens with one attached hydrogen (secondary N) is 2. The maximum atomic E-state index is 11.8. The number of urea groups is 1. The molecular weight excluding hydrogens is 292 g/mol. The van der Waals surface area contributed by atoms with Gasteiger partial charge in [-0.15, -0.1) is 0 Å². The van der Waals surface area contributed by atoms with Crippen LogP contribution in [0.3, 0.4) is 0 Å². The highest BCUT2D eigenvalue weighted by atomic mass is 35.5. The molecule has 0 aliphatic heterocycles. The zero-order chi connectivity index (χ0) is 14.3. The van der Waals surface area contributed by atoms with Crippen molar-refractivity contribution in [2.24, 2.45) is 0 Å². The number of alkyl halides is 1. The van der Waals surface area contributed by atoms with Gasteiger partial charge >= 0.3 is 6.03 Å². The second kappa shape index (κ2) is 7.20. The van der Waals surface area contributed by atoms with Crippen LogP contribution in [0.1, 0.15) is 13.3 Å². The molecule has 0 bridgehead atoms. The first-order chi connectivity index (χ1) is 8.99. The molecule has 0 heterocycles. The molecule has 1 aromatic carbocycles. The number of hydrogen-bond acceptors (Lipinski definition) is 4. The third kappa shape index (κ3) is 4.96. The number of ether oxygens (including phenoxy) is 1. The van der Waals surface area contributed by atoms with Gasteiger partial charge in [0, 0.05) is 6.54 Å². The average molecular weight is 307 g/mol. The molecule has 0 atom stereocenters. The summed E-state index contributed by atoms with van der Waals surface area (Å²) in [5, 5.41) is 2.42. The van der Waals surface area contributed by atoms with Gasteiger partial charge in [0.1, 0.15) is 5.75 Å². The van der Waals surface area contributed by atoms with Gasteiger partial charge in [0.2, 0.25) is 0 Å². The van der Waals surface area contributed by atoms with Crippen molar-refractivity contribution >= 4 is 27.7 Å². The Balaban J connectivity index is 2.74. The van der Waals surface area contributed by atoms with E-state index in [1.807, 2.05) is 11.6 Å². The molecule has 0 fully saturated rings. The first kappa shape index (κ1) is 15.6. The Bertz CT molecular complexity index is 516. The topological polar surface area (TPSA) is 84.5 Å². The second-order valence-corrected chi connectivity index (χ2v) is 5.49. The first-order valence-corrected chi connectivity index (χ1v) is 7.61. The third-order valence-corrected chi connectivity index (χ3v) is 3.57. The van der Waals surface area contributed by atoms with E-state index >= 15 is 0 Å². The second-order valence-electron chi connectivity index (χ2n) is 3.59. The fourth-order valence-electron chi connectivity index (χ4n) is 1.23. The van der Waals surface area contributed by atoms with Gasteiger partial charge in [-0.2, -0.15) is 0 Å². The van der Waals surface area contributed by atoms with E-state index < -0.39 is 16.1 Å². The number of carbonyl (C=O) groups excluding carboxylic acids is 1. The molecule has 8 heteroatoms. The molecule has 1 rings (SSSR count). The van der Waals surface area contributed by atoms with E-state index in [0.717, 1.165) is 6.42 Å². The van der Waals surface area contributed by atoms with Gasteiger partial charge < -0.3 is 10.1 Å². The van der Waals surface area contributed by atoms with E-state index in [2.05, 4.69) is 5.32 Å². The monoisotopic (exact) mass is 306 g/mol. The van der Waals surface area contributed by atoms with Gasteiger partial charge in [-0.3, -0.25) is 0 Å². The van der Waals surface area contributed by atoms with Crippen LogP contribution in [0.2, 0.25) is 0 Å². The summed E-state index contributed by atoms with van der Waals surface area (Å²) in [5.74, 6) is 0.449. The van der Waals surface area contributed by atoms with Crippen LogP contribution in [0.5, 0.6) is 5.75 Å². The Hall–Kier alpha value is -1.47. The minimum atomic E-state index is -3.87. The highest BCUT2D eigenvalue weighted by molar-refractivity contribution is 7.90. The number of halogens is 1. The Morgan fingerprint density at radius 3 is 2.47 bits per heavy atom. The molecule has 6 nitrogen and oxygen atoms in total. The smallest absolute Gasteiger partial charge is 0.328 e. The lowest BCUT2D eigenvalue weighted by Crippen LogP contribution is -2.39. The molecule has 1 aromatic rings. The van der Waals surface area contributed by atoms with Gasteiger partial charge in [-0.1, -0.05) is 18.5 Å². The standard InChI is InChI=1S/C11H15ClN2O4S/c1-2-7-13-11(15)14-19(16,17)10-5-3-9(4-6-10)18-8-12/h3-6H,2,7-8H2,1H3,(H2,13,14,15). The molecular formula is C11H15ClN2O4S. The Morgan fingerprint density at radius 1 is 1.32 bits per heavy atom. The molecule has 106 valence electrons. The van der Waals surface area contributed by atoms with E-state index in [9.17, 15) is 13.2 Å². The summed E-state index contributed by atoms with van der Waals surface area (Å²) in [6.45, 7) is 2.27. The van der Waals surface area contributed by atoms with Gasteiger partial charge in [0.05, 0.1) is 4.90 Å². The lowest BCUT2D eigenvalue weighted by atomic mass is 10.3. The van der Waals surface area contributed by atoms with E-state index in [1.165, 1.54) is 24.3 Å². The highest BCUT2D eigenvalue weighted by Gasteiger charge is 2.17. The number of amides is 2. The van der Waals surface area contributed by atoms with E-state index in [0.29, 0.717) is 12.3 Å². The molecule has 2 N–H and O–H groups in total. The quantitative estimate of drug-likeness (QED) is 0.783. The van der Waals surface area contributed by atoms with Gasteiger partial charge in [-0.25, -0.2) is 17.9 Å². The van der Waals surface area contributed by atoms with Crippen molar-refractivity contribution in [1.29, 1.82) is 0 Å². The summed E-state index contributed by atoms with van der Waals surface area (Å²) in [4.78, 5) is 11.3. The summed E-state index contributed by atoms with van der Waals surface area (Å²) in [6, 6.07) is 4.81. The highest BCUT2D eigenvalue weighted by Crippen LogP contribution is 2.15. The maximum Gasteiger partial charge on any atom is 0.328 e. The minimum absolute atomic E-state index is 0.0240. The van der Waals surface area contributed by atoms with Crippen LogP contribution in [-0.4, -0.2) is 27.1 Å². The zero-order valence-electron chi connectivity index (χ0n) is 10.3. The Kier molecular flexibility index (Phi) is 5.91. The van der Waals surface area contributed by atoms with Crippen LogP contribution in [0.25, 0.3) is 0 Å². The largest absolute Gasteiger partial charge is 0.478 e. The lowest BCUT2D eigenvalue weighted by Gasteiger charge is -2.08. The first-order valence-electron chi connectivity index (χ1n) is 5.59. The fraction of sp³-hybridized carbons (Fsp3) is 0.364. The predicted molar refractivity (Wildman–Crippen MR) is 71.8 cm³/mol. The molecule has 0 radical (unpaired) electrons. The molecule has 0 saturated carbocycles. The maximum absolute atomic E-state index is 11.8. The SMILES string of the molecule is CCCNC(=O)NS(=O)(=O)c1ccc(OCCl)cc1. The number of carbonyl (C=O) groups is 1. The van der Waals surface area contributed by atoms with Gasteiger partial charge in [0.15, 0.2) is 6.07 Å². The van der Waals surface area contributed by atoms with Crippen molar-refractivity contribution in [3.63, 3.8) is 0 Å². The van der Waals surface area contributed by atoms with E-state index in [-0.39, 0.29) is 11.0 Å². The predicted octanol–water partition coefficient (Wildman–Crippen LogP) is 1.66. The van der Waals surface area contributed by atoms with Gasteiger partial charge in [0.25, 0.3) is 10.0 Å². The van der Waals surface area contributed by atoms with Crippen LogP contribution < -0.4 is 14.8 Å². The van der Waals surface area contributed by atoms with Crippen LogP contribution >= 0.6 is 11.6 Å². The van der Waals surface area contributed by atoms with Crippen LogP contribution in [-0.2, 0) is 10.0 Å². The molecule has 0 aliphatic carbocycles. The summed E-state index contributed by atoms with van der Waals surface area (Å²) in [6.07, 6.45) is 0.720. The van der Waals surface area contributed by atoms with Crippen LogP contribution in [0, 0.1) is 0 Å². The Labute approximate surface area is 117 Å². The molecule has 19 heavy (non-hydrogen) atoms. The number of sulfonamides is 1. The van der Waals surface area contributed by atoms with E-state index in [1.54, 1.807) is 0 Å². The van der Waals surface area contributed by atoms with Crippen molar-refractivity contribution in [2.45, 2.75) is 18.2 Å². The summed E-state index contributed by atoms with van der Waals surface area (Å²) in [7, 11) is -3.87. The normalized spacial score (nSPS) is 10.8. The molecule has 0 spiro atoms. The Morgan fingerprint density at radius 2 is 1.95 bits per heavy atom. The van der Waals surface area contributed by atoms with Crippen LogP contribution in [0.15, 0.2) is 29.2 Å². The minimum Gasteiger partial charge on any atom is -0.478 e. The number of rotatable bonds is 6. The van der Waals surface area contributed by atoms with Crippen molar-refractivity contribution in [3.05, 3.63) is 24.3 Å². The number of hydrogen-bond donors (Lipinski definition) is 2. The van der Waals surface area contributed by atoms with Crippen molar-refractivity contribution in [3.8, 4) is 5.75 Å². The van der Waals surface area contributed by atoms with Crippen LogP contribution in [0.4, 0.5) is 4.79 Å². The third-order valence-electron chi connectivity index (χ3n) is 2.12. The molecule has 0 aliphatic rings. The fourth-order valence-corrected chi connectivity index (χ4v) is 2.29. The average Bonchev–Trinajstić information content (AvgIpc) is 2.37. The van der Waals surface area contributed by atoms with Gasteiger partial charge in [-0.05, 0) is 30.7 Å². The lowest BCUT2D eigenvalue weighted by molar-refractivity contribution is 0.246. The molecule has 0 aromatic heterocycles. The van der Waals surface area contributed by atoms with Crippen molar-refractivity contribution in [2.75, 3.05) is 12.6 Å². The zero-order valence-corrected chi connectivity index (χ0v) is 11.9. The number of benzene rings is 1. The summed E-state index contributed by atoms with van der Waals surface area (Å²) < 4.78 is 30.6. The van der Waals surface area contributed by atoms with Crippen molar-refractivity contribution in [1.82, 2.24) is 10.0 Å². The van der Waals surface area contributed by atoms with E-state index in [4.69, 9.17) is 16.3 Å².